The van der Waals surface area contributed by atoms with E-state index in [1.165, 1.54) is 0 Å². The van der Waals surface area contributed by atoms with Crippen LogP contribution in [-0.4, -0.2) is 47.3 Å². The van der Waals surface area contributed by atoms with E-state index in [0.717, 1.165) is 10.6 Å². The fourth-order valence-electron chi connectivity index (χ4n) is 3.84. The fourth-order valence-corrected chi connectivity index (χ4v) is 4.30. The van der Waals surface area contributed by atoms with Gasteiger partial charge in [-0.1, -0.05) is 12.1 Å². The van der Waals surface area contributed by atoms with E-state index < -0.39 is 23.8 Å². The standard InChI is InChI=1S/C27H26N2O5S/c1-3-33-19-12-14-21(15-13-19)34-20-10-8-18(9-11-20)28-25(30)24(16-17-35-2)29-26(31)22-6-4-5-7-23(22)27(29)32/h4-15,24H,3,16-17H2,1-2H3,(H,28,30)/t24-/m0/s1. The number of nitrogens with zero attached hydrogens (tertiary/aromatic N) is 1. The summed E-state index contributed by atoms with van der Waals surface area (Å²) in [6.07, 6.45) is 2.28. The molecule has 1 N–H and O–H groups in total. The summed E-state index contributed by atoms with van der Waals surface area (Å²) in [5.74, 6) is 1.37. The maximum Gasteiger partial charge on any atom is 0.262 e. The van der Waals surface area contributed by atoms with E-state index in [9.17, 15) is 14.4 Å². The van der Waals surface area contributed by atoms with E-state index in [-0.39, 0.29) is 0 Å². The van der Waals surface area contributed by atoms with Gasteiger partial charge in [0, 0.05) is 5.69 Å². The van der Waals surface area contributed by atoms with Gasteiger partial charge < -0.3 is 14.8 Å². The second kappa shape index (κ2) is 11.1. The van der Waals surface area contributed by atoms with Gasteiger partial charge in [-0.2, -0.15) is 11.8 Å². The van der Waals surface area contributed by atoms with Gasteiger partial charge >= 0.3 is 0 Å². The Bertz CT molecular complexity index is 1180. The lowest BCUT2D eigenvalue weighted by Gasteiger charge is -2.25. The molecular formula is C27H26N2O5S. The largest absolute Gasteiger partial charge is 0.494 e. The lowest BCUT2D eigenvalue weighted by Crippen LogP contribution is -2.47. The summed E-state index contributed by atoms with van der Waals surface area (Å²) in [5, 5.41) is 2.84. The van der Waals surface area contributed by atoms with Crippen LogP contribution in [0, 0.1) is 0 Å². The van der Waals surface area contributed by atoms with Gasteiger partial charge in [-0.15, -0.1) is 0 Å². The Hall–Kier alpha value is -3.78. The summed E-state index contributed by atoms with van der Waals surface area (Å²) in [6, 6.07) is 20.0. The van der Waals surface area contributed by atoms with Crippen molar-refractivity contribution < 1.29 is 23.9 Å². The third-order valence-corrected chi connectivity index (χ3v) is 6.17. The first-order chi connectivity index (χ1) is 17.0. The smallest absolute Gasteiger partial charge is 0.262 e. The molecule has 0 bridgehead atoms. The Morgan fingerprint density at radius 2 is 1.43 bits per heavy atom. The highest BCUT2D eigenvalue weighted by Crippen LogP contribution is 2.28. The molecule has 1 aliphatic heterocycles. The maximum absolute atomic E-state index is 13.2. The molecule has 0 radical (unpaired) electrons. The lowest BCUT2D eigenvalue weighted by molar-refractivity contribution is -0.120. The molecular weight excluding hydrogens is 464 g/mol. The number of ether oxygens (including phenoxy) is 2. The van der Waals surface area contributed by atoms with Gasteiger partial charge in [0.1, 0.15) is 23.3 Å². The first-order valence-electron chi connectivity index (χ1n) is 11.3. The van der Waals surface area contributed by atoms with Crippen molar-refractivity contribution >= 4 is 35.2 Å². The number of thioether (sulfide) groups is 1. The minimum absolute atomic E-state index is 0.329. The topological polar surface area (TPSA) is 84.9 Å². The minimum Gasteiger partial charge on any atom is -0.494 e. The van der Waals surface area contributed by atoms with Gasteiger partial charge in [0.05, 0.1) is 17.7 Å². The molecule has 7 nitrogen and oxygen atoms in total. The Morgan fingerprint density at radius 1 is 0.886 bits per heavy atom. The lowest BCUT2D eigenvalue weighted by atomic mass is 10.1. The number of imide groups is 1. The molecule has 0 aromatic heterocycles. The zero-order chi connectivity index (χ0) is 24.8. The molecule has 1 aliphatic rings. The van der Waals surface area contributed by atoms with Gasteiger partial charge in [0.2, 0.25) is 5.91 Å². The van der Waals surface area contributed by atoms with Crippen molar-refractivity contribution in [3.8, 4) is 17.2 Å². The molecule has 0 fully saturated rings. The molecule has 180 valence electrons. The Kier molecular flexibility index (Phi) is 7.72. The van der Waals surface area contributed by atoms with Crippen LogP contribution >= 0.6 is 11.8 Å². The molecule has 8 heteroatoms. The van der Waals surface area contributed by atoms with Crippen LogP contribution in [0.3, 0.4) is 0 Å². The zero-order valence-electron chi connectivity index (χ0n) is 19.5. The number of nitrogens with one attached hydrogen (secondary N) is 1. The molecule has 4 rings (SSSR count). The van der Waals surface area contributed by atoms with Crippen molar-refractivity contribution in [3.63, 3.8) is 0 Å². The van der Waals surface area contributed by atoms with Crippen molar-refractivity contribution in [2.24, 2.45) is 0 Å². The van der Waals surface area contributed by atoms with Crippen molar-refractivity contribution in [1.29, 1.82) is 0 Å². The normalized spacial score (nSPS) is 13.4. The van der Waals surface area contributed by atoms with Gasteiger partial charge in [0.25, 0.3) is 11.8 Å². The molecule has 0 saturated carbocycles. The molecule has 1 atom stereocenters. The molecule has 0 aliphatic carbocycles. The van der Waals surface area contributed by atoms with E-state index >= 15 is 0 Å². The van der Waals surface area contributed by atoms with Crippen molar-refractivity contribution in [1.82, 2.24) is 4.90 Å². The molecule has 3 aromatic carbocycles. The third kappa shape index (κ3) is 5.49. The fraction of sp³-hybridized carbons (Fsp3) is 0.222. The monoisotopic (exact) mass is 490 g/mol. The van der Waals surface area contributed by atoms with Gasteiger partial charge in [-0.05, 0) is 86.0 Å². The number of anilines is 1. The summed E-state index contributed by atoms with van der Waals surface area (Å²) in [5.41, 5.74) is 1.20. The van der Waals surface area contributed by atoms with Crippen LogP contribution in [0.15, 0.2) is 72.8 Å². The second-order valence-electron chi connectivity index (χ2n) is 7.84. The number of amides is 3. The van der Waals surface area contributed by atoms with Crippen LogP contribution in [0.4, 0.5) is 5.69 Å². The van der Waals surface area contributed by atoms with E-state index in [4.69, 9.17) is 9.47 Å². The molecule has 1 heterocycles. The number of hydrogen-bond acceptors (Lipinski definition) is 6. The number of carbonyl (C=O) groups is 3. The van der Waals surface area contributed by atoms with Crippen molar-refractivity contribution in [2.45, 2.75) is 19.4 Å². The molecule has 3 aromatic rings. The highest BCUT2D eigenvalue weighted by Gasteiger charge is 2.42. The zero-order valence-corrected chi connectivity index (χ0v) is 20.3. The SMILES string of the molecule is CCOc1ccc(Oc2ccc(NC(=O)[C@H](CCSC)N3C(=O)c4ccccc4C3=O)cc2)cc1. The van der Waals surface area contributed by atoms with Crippen LogP contribution in [-0.2, 0) is 4.79 Å². The first-order valence-corrected chi connectivity index (χ1v) is 12.7. The highest BCUT2D eigenvalue weighted by atomic mass is 32.2. The maximum atomic E-state index is 13.2. The second-order valence-corrected chi connectivity index (χ2v) is 8.83. The Balaban J connectivity index is 1.44. The number of fused-ring (bicyclic) bond motifs is 1. The van der Waals surface area contributed by atoms with Gasteiger partial charge in [-0.25, -0.2) is 0 Å². The predicted octanol–water partition coefficient (Wildman–Crippen LogP) is 5.23. The van der Waals surface area contributed by atoms with E-state index in [1.54, 1.807) is 60.3 Å². The average molecular weight is 491 g/mol. The number of carbonyl (C=O) groups excluding carboxylic acids is 3. The van der Waals surface area contributed by atoms with Crippen molar-refractivity contribution in [2.75, 3.05) is 23.9 Å². The minimum atomic E-state index is -0.908. The van der Waals surface area contributed by atoms with E-state index in [1.807, 2.05) is 37.4 Å². The van der Waals surface area contributed by atoms with Crippen LogP contribution < -0.4 is 14.8 Å². The number of hydrogen-bond donors (Lipinski definition) is 1. The highest BCUT2D eigenvalue weighted by molar-refractivity contribution is 7.98. The van der Waals surface area contributed by atoms with Crippen LogP contribution in [0.25, 0.3) is 0 Å². The number of benzene rings is 3. The van der Waals surface area contributed by atoms with Gasteiger partial charge in [-0.3, -0.25) is 19.3 Å². The summed E-state index contributed by atoms with van der Waals surface area (Å²) < 4.78 is 11.3. The van der Waals surface area contributed by atoms with Gasteiger partial charge in [0.15, 0.2) is 0 Å². The Morgan fingerprint density at radius 3 is 1.97 bits per heavy atom. The Labute approximate surface area is 208 Å². The average Bonchev–Trinajstić information content (AvgIpc) is 3.12. The van der Waals surface area contributed by atoms with E-state index in [0.29, 0.717) is 47.1 Å². The van der Waals surface area contributed by atoms with Crippen LogP contribution in [0.1, 0.15) is 34.1 Å². The summed E-state index contributed by atoms with van der Waals surface area (Å²) in [4.78, 5) is 40.2. The first kappa shape index (κ1) is 24.3. The van der Waals surface area contributed by atoms with Crippen LogP contribution in [0.5, 0.6) is 17.2 Å². The van der Waals surface area contributed by atoms with Crippen LogP contribution in [0.2, 0.25) is 0 Å². The quantitative estimate of drug-likeness (QED) is 0.392. The summed E-state index contributed by atoms with van der Waals surface area (Å²) >= 11 is 1.55. The molecule has 3 amide bonds. The molecule has 0 unspecified atom stereocenters. The third-order valence-electron chi connectivity index (χ3n) is 5.53. The predicted molar refractivity (Wildman–Crippen MR) is 136 cm³/mol. The summed E-state index contributed by atoms with van der Waals surface area (Å²) in [6.45, 7) is 2.52. The molecule has 35 heavy (non-hydrogen) atoms. The number of rotatable bonds is 10. The van der Waals surface area contributed by atoms with E-state index in [2.05, 4.69) is 5.32 Å². The molecule has 0 saturated heterocycles. The molecule has 0 spiro atoms. The van der Waals surface area contributed by atoms with Crippen molar-refractivity contribution in [3.05, 3.63) is 83.9 Å². The summed E-state index contributed by atoms with van der Waals surface area (Å²) in [7, 11) is 0.